The van der Waals surface area contributed by atoms with Crippen molar-refractivity contribution in [1.82, 2.24) is 0 Å². The van der Waals surface area contributed by atoms with Crippen LogP contribution >= 0.6 is 11.8 Å². The van der Waals surface area contributed by atoms with Crippen molar-refractivity contribution in [3.8, 4) is 11.5 Å². The van der Waals surface area contributed by atoms with E-state index in [4.69, 9.17) is 9.47 Å². The largest absolute Gasteiger partial charge is 0.497 e. The van der Waals surface area contributed by atoms with E-state index in [0.717, 1.165) is 23.1 Å². The van der Waals surface area contributed by atoms with Gasteiger partial charge in [0.05, 0.1) is 14.2 Å². The molecule has 0 aromatic heterocycles. The van der Waals surface area contributed by atoms with Crippen LogP contribution in [0.25, 0.3) is 0 Å². The summed E-state index contributed by atoms with van der Waals surface area (Å²) in [4.78, 5) is 0.661. The Labute approximate surface area is 120 Å². The van der Waals surface area contributed by atoms with Crippen LogP contribution in [0.2, 0.25) is 0 Å². The second kappa shape index (κ2) is 6.61. The number of halogens is 2. The van der Waals surface area contributed by atoms with Crippen molar-refractivity contribution < 1.29 is 18.3 Å². The number of ether oxygens (including phenoxy) is 2. The van der Waals surface area contributed by atoms with E-state index >= 15 is 0 Å². The van der Waals surface area contributed by atoms with Crippen LogP contribution in [0.3, 0.4) is 0 Å². The molecule has 0 bridgehead atoms. The molecule has 106 valence electrons. The predicted molar refractivity (Wildman–Crippen MR) is 75.5 cm³/mol. The van der Waals surface area contributed by atoms with Crippen LogP contribution < -0.4 is 9.47 Å². The van der Waals surface area contributed by atoms with Crippen molar-refractivity contribution in [3.05, 3.63) is 53.6 Å². The van der Waals surface area contributed by atoms with Gasteiger partial charge in [0.25, 0.3) is 0 Å². The second-order valence-corrected chi connectivity index (χ2v) is 5.09. The molecule has 2 rings (SSSR count). The summed E-state index contributed by atoms with van der Waals surface area (Å²) in [5.41, 5.74) is 0.932. The summed E-state index contributed by atoms with van der Waals surface area (Å²) in [6, 6.07) is 9.36. The average molecular weight is 296 g/mol. The van der Waals surface area contributed by atoms with E-state index in [1.54, 1.807) is 20.3 Å². The lowest BCUT2D eigenvalue weighted by Gasteiger charge is -2.10. The van der Waals surface area contributed by atoms with E-state index in [9.17, 15) is 8.78 Å². The Balaban J connectivity index is 2.15. The minimum Gasteiger partial charge on any atom is -0.497 e. The Morgan fingerprint density at radius 3 is 2.40 bits per heavy atom. The third-order valence-electron chi connectivity index (χ3n) is 2.77. The van der Waals surface area contributed by atoms with Crippen molar-refractivity contribution >= 4 is 11.8 Å². The van der Waals surface area contributed by atoms with Crippen LogP contribution in [-0.4, -0.2) is 14.2 Å². The Morgan fingerprint density at radius 2 is 1.75 bits per heavy atom. The quantitative estimate of drug-likeness (QED) is 0.768. The first-order valence-corrected chi connectivity index (χ1v) is 6.91. The molecule has 2 aromatic carbocycles. The summed E-state index contributed by atoms with van der Waals surface area (Å²) in [6.07, 6.45) is 0. The monoisotopic (exact) mass is 296 g/mol. The maximum Gasteiger partial charge on any atom is 0.159 e. The van der Waals surface area contributed by atoms with Gasteiger partial charge in [0, 0.05) is 16.2 Å². The number of rotatable bonds is 5. The van der Waals surface area contributed by atoms with Crippen molar-refractivity contribution in [2.24, 2.45) is 0 Å². The first kappa shape index (κ1) is 14.7. The van der Waals surface area contributed by atoms with Crippen molar-refractivity contribution in [2.75, 3.05) is 14.2 Å². The number of hydrogen-bond donors (Lipinski definition) is 0. The van der Waals surface area contributed by atoms with Gasteiger partial charge in [-0.05, 0) is 36.4 Å². The topological polar surface area (TPSA) is 18.5 Å². The molecule has 0 heterocycles. The van der Waals surface area contributed by atoms with Gasteiger partial charge in [0.15, 0.2) is 11.6 Å². The highest BCUT2D eigenvalue weighted by atomic mass is 32.2. The van der Waals surface area contributed by atoms with Crippen LogP contribution in [0.5, 0.6) is 11.5 Å². The van der Waals surface area contributed by atoms with Gasteiger partial charge < -0.3 is 9.47 Å². The SMILES string of the molecule is COc1ccc(OC)c(CSc2ccc(F)c(F)c2)c1. The smallest absolute Gasteiger partial charge is 0.159 e. The highest BCUT2D eigenvalue weighted by molar-refractivity contribution is 7.98. The van der Waals surface area contributed by atoms with Gasteiger partial charge in [-0.15, -0.1) is 11.8 Å². The zero-order valence-electron chi connectivity index (χ0n) is 11.2. The molecule has 0 N–H and O–H groups in total. The maximum absolute atomic E-state index is 13.1. The summed E-state index contributed by atoms with van der Waals surface area (Å²) in [5, 5.41) is 0. The fourth-order valence-electron chi connectivity index (χ4n) is 1.72. The Kier molecular flexibility index (Phi) is 4.84. The fourth-order valence-corrected chi connectivity index (χ4v) is 2.62. The fraction of sp³-hybridized carbons (Fsp3) is 0.200. The molecule has 2 aromatic rings. The molecule has 0 amide bonds. The third-order valence-corrected chi connectivity index (χ3v) is 3.82. The Bertz CT molecular complexity index is 602. The summed E-state index contributed by atoms with van der Waals surface area (Å²) in [5.74, 6) is 0.360. The number of thioether (sulfide) groups is 1. The molecule has 0 aliphatic heterocycles. The lowest BCUT2D eigenvalue weighted by Crippen LogP contribution is -1.92. The highest BCUT2D eigenvalue weighted by Gasteiger charge is 2.07. The summed E-state index contributed by atoms with van der Waals surface area (Å²) in [6.45, 7) is 0. The second-order valence-electron chi connectivity index (χ2n) is 4.04. The molecule has 5 heteroatoms. The highest BCUT2D eigenvalue weighted by Crippen LogP contribution is 2.31. The normalized spacial score (nSPS) is 10.4. The van der Waals surface area contributed by atoms with Gasteiger partial charge in [-0.3, -0.25) is 0 Å². The molecule has 0 saturated carbocycles. The van der Waals surface area contributed by atoms with Crippen molar-refractivity contribution in [3.63, 3.8) is 0 Å². The molecule has 0 unspecified atom stereocenters. The van der Waals surface area contributed by atoms with Gasteiger partial charge in [-0.2, -0.15) is 0 Å². The average Bonchev–Trinajstić information content (AvgIpc) is 2.48. The standard InChI is InChI=1S/C15H14F2O2S/c1-18-11-3-6-15(19-2)10(7-11)9-20-12-4-5-13(16)14(17)8-12/h3-8H,9H2,1-2H3. The molecular formula is C15H14F2O2S. The first-order valence-electron chi connectivity index (χ1n) is 5.93. The third kappa shape index (κ3) is 3.42. The van der Waals surface area contributed by atoms with Gasteiger partial charge in [-0.25, -0.2) is 8.78 Å². The van der Waals surface area contributed by atoms with E-state index in [0.29, 0.717) is 10.6 Å². The molecule has 0 aliphatic carbocycles. The Morgan fingerprint density at radius 1 is 0.950 bits per heavy atom. The molecular weight excluding hydrogens is 282 g/mol. The van der Waals surface area contributed by atoms with Gasteiger partial charge in [0.1, 0.15) is 11.5 Å². The van der Waals surface area contributed by atoms with E-state index < -0.39 is 11.6 Å². The van der Waals surface area contributed by atoms with E-state index in [-0.39, 0.29) is 0 Å². The summed E-state index contributed by atoms with van der Waals surface area (Å²) in [7, 11) is 3.18. The molecule has 0 saturated heterocycles. The van der Waals surface area contributed by atoms with Crippen LogP contribution in [0, 0.1) is 11.6 Å². The van der Waals surface area contributed by atoms with Gasteiger partial charge in [0.2, 0.25) is 0 Å². The lowest BCUT2D eigenvalue weighted by molar-refractivity contribution is 0.400. The van der Waals surface area contributed by atoms with Gasteiger partial charge >= 0.3 is 0 Å². The molecule has 0 spiro atoms. The Hall–Kier alpha value is -1.75. The first-order chi connectivity index (χ1) is 9.63. The maximum atomic E-state index is 13.1. The molecule has 0 fully saturated rings. The zero-order chi connectivity index (χ0) is 14.5. The molecule has 20 heavy (non-hydrogen) atoms. The van der Waals surface area contributed by atoms with Crippen LogP contribution in [0.1, 0.15) is 5.56 Å². The molecule has 2 nitrogen and oxygen atoms in total. The molecule has 0 atom stereocenters. The lowest BCUT2D eigenvalue weighted by atomic mass is 10.2. The van der Waals surface area contributed by atoms with Crippen molar-refractivity contribution in [1.29, 1.82) is 0 Å². The zero-order valence-corrected chi connectivity index (χ0v) is 12.0. The summed E-state index contributed by atoms with van der Waals surface area (Å²) < 4.78 is 36.4. The number of hydrogen-bond acceptors (Lipinski definition) is 3. The van der Waals surface area contributed by atoms with Gasteiger partial charge in [-0.1, -0.05) is 0 Å². The van der Waals surface area contributed by atoms with Crippen LogP contribution in [0.15, 0.2) is 41.3 Å². The summed E-state index contributed by atoms with van der Waals surface area (Å²) >= 11 is 1.40. The van der Waals surface area contributed by atoms with Crippen LogP contribution in [0.4, 0.5) is 8.78 Å². The van der Waals surface area contributed by atoms with E-state index in [2.05, 4.69) is 0 Å². The predicted octanol–water partition coefficient (Wildman–Crippen LogP) is 4.27. The van der Waals surface area contributed by atoms with E-state index in [1.165, 1.54) is 17.8 Å². The molecule has 0 radical (unpaired) electrons. The van der Waals surface area contributed by atoms with Crippen molar-refractivity contribution in [2.45, 2.75) is 10.6 Å². The minimum atomic E-state index is -0.840. The molecule has 0 aliphatic rings. The number of benzene rings is 2. The minimum absolute atomic E-state index is 0.575. The van der Waals surface area contributed by atoms with E-state index in [1.807, 2.05) is 18.2 Å². The van der Waals surface area contributed by atoms with Crippen LogP contribution in [-0.2, 0) is 5.75 Å². The number of methoxy groups -OCH3 is 2.